The van der Waals surface area contributed by atoms with E-state index in [9.17, 15) is 18.9 Å². The molecule has 9 heteroatoms. The van der Waals surface area contributed by atoms with Crippen molar-refractivity contribution in [2.24, 2.45) is 0 Å². The van der Waals surface area contributed by atoms with Gasteiger partial charge in [-0.2, -0.15) is 0 Å². The molecule has 1 unspecified atom stereocenters. The van der Waals surface area contributed by atoms with E-state index < -0.39 is 26.6 Å². The van der Waals surface area contributed by atoms with Gasteiger partial charge >= 0.3 is 29.6 Å². The monoisotopic (exact) mass is 277 g/mol. The van der Waals surface area contributed by atoms with Crippen LogP contribution in [0.4, 0.5) is 5.69 Å². The number of nitrogens with zero attached hydrogens (tertiary/aromatic N) is 1. The zero-order valence-electron chi connectivity index (χ0n) is 7.40. The Balaban J connectivity index is 0.00000196. The molecule has 0 aliphatic heterocycles. The zero-order valence-corrected chi connectivity index (χ0v) is 11.7. The molecule has 0 aliphatic carbocycles. The normalized spacial score (nSPS) is 11.7. The Hall–Kier alpha value is 0.310. The molecular formula is C6H2Cl2NNaO4S. The quantitative estimate of drug-likeness (QED) is 0.305. The van der Waals surface area contributed by atoms with E-state index in [1.807, 2.05) is 0 Å². The van der Waals surface area contributed by atoms with E-state index >= 15 is 0 Å². The molecule has 0 amide bonds. The molecule has 5 nitrogen and oxygen atoms in total. The van der Waals surface area contributed by atoms with Gasteiger partial charge in [0.25, 0.3) is 5.69 Å². The van der Waals surface area contributed by atoms with Gasteiger partial charge in [-0.25, -0.2) is 0 Å². The fraction of sp³-hybridized carbons (Fsp3) is 0. The van der Waals surface area contributed by atoms with E-state index in [0.29, 0.717) is 0 Å². The minimum absolute atomic E-state index is 0. The first kappa shape index (κ1) is 15.3. The van der Waals surface area contributed by atoms with Crippen LogP contribution in [0, 0.1) is 10.1 Å². The largest absolute Gasteiger partial charge is 1.00 e. The number of halogens is 2. The Labute approximate surface area is 119 Å². The minimum Gasteiger partial charge on any atom is -0.768 e. The second kappa shape index (κ2) is 6.15. The summed E-state index contributed by atoms with van der Waals surface area (Å²) >= 11 is 8.21. The van der Waals surface area contributed by atoms with Crippen molar-refractivity contribution >= 4 is 40.0 Å². The summed E-state index contributed by atoms with van der Waals surface area (Å²) in [5.41, 5.74) is -0.629. The number of hydrogen-bond donors (Lipinski definition) is 0. The maximum absolute atomic E-state index is 10.6. The molecule has 0 bridgehead atoms. The Morgan fingerprint density at radius 3 is 2.27 bits per heavy atom. The van der Waals surface area contributed by atoms with Crippen LogP contribution >= 0.6 is 23.2 Å². The second-order valence-electron chi connectivity index (χ2n) is 2.23. The first-order chi connectivity index (χ1) is 6.43. The fourth-order valence-electron chi connectivity index (χ4n) is 0.847. The van der Waals surface area contributed by atoms with Gasteiger partial charge in [-0.3, -0.25) is 14.3 Å². The first-order valence-electron chi connectivity index (χ1n) is 3.16. The third kappa shape index (κ3) is 3.67. The summed E-state index contributed by atoms with van der Waals surface area (Å²) in [7, 11) is 0. The summed E-state index contributed by atoms with van der Waals surface area (Å²) in [6.45, 7) is 0. The van der Waals surface area contributed by atoms with Crippen molar-refractivity contribution in [1.82, 2.24) is 0 Å². The van der Waals surface area contributed by atoms with Crippen molar-refractivity contribution in [3.05, 3.63) is 32.3 Å². The van der Waals surface area contributed by atoms with Gasteiger partial charge < -0.3 is 4.55 Å². The number of nitro groups is 1. The molecule has 0 fully saturated rings. The molecule has 0 aromatic heterocycles. The zero-order chi connectivity index (χ0) is 10.9. The molecule has 1 aromatic rings. The molecule has 0 spiro atoms. The number of nitro benzene ring substituents is 1. The average Bonchev–Trinajstić information content (AvgIpc) is 2.01. The van der Waals surface area contributed by atoms with Gasteiger partial charge in [-0.15, -0.1) is 0 Å². The Kier molecular flexibility index (Phi) is 6.27. The van der Waals surface area contributed by atoms with Gasteiger partial charge in [-0.1, -0.05) is 23.2 Å². The van der Waals surface area contributed by atoms with Crippen molar-refractivity contribution in [1.29, 1.82) is 0 Å². The maximum atomic E-state index is 10.6. The van der Waals surface area contributed by atoms with Gasteiger partial charge in [0.1, 0.15) is 4.90 Å². The first-order valence-corrected chi connectivity index (χ1v) is 4.99. The predicted molar refractivity (Wildman–Crippen MR) is 50.3 cm³/mol. The van der Waals surface area contributed by atoms with Crippen LogP contribution in [-0.2, 0) is 11.1 Å². The van der Waals surface area contributed by atoms with Crippen LogP contribution in [0.1, 0.15) is 0 Å². The van der Waals surface area contributed by atoms with Crippen LogP contribution in [0.25, 0.3) is 0 Å². The summed E-state index contributed by atoms with van der Waals surface area (Å²) in [6, 6.07) is 2.06. The van der Waals surface area contributed by atoms with E-state index in [4.69, 9.17) is 23.2 Å². The minimum atomic E-state index is -2.76. The molecule has 0 saturated carbocycles. The smallest absolute Gasteiger partial charge is 0.768 e. The molecule has 76 valence electrons. The molecule has 1 atom stereocenters. The maximum Gasteiger partial charge on any atom is 1.00 e. The third-order valence-corrected chi connectivity index (χ3v) is 2.74. The van der Waals surface area contributed by atoms with Crippen molar-refractivity contribution in [2.75, 3.05) is 0 Å². The molecule has 0 radical (unpaired) electrons. The van der Waals surface area contributed by atoms with Crippen LogP contribution in [0.5, 0.6) is 0 Å². The molecule has 0 N–H and O–H groups in total. The summed E-state index contributed by atoms with van der Waals surface area (Å²) in [6.07, 6.45) is 0. The Bertz CT molecular complexity index is 428. The van der Waals surface area contributed by atoms with Crippen molar-refractivity contribution < 1.29 is 43.2 Å². The van der Waals surface area contributed by atoms with E-state index in [-0.39, 0.29) is 39.6 Å². The van der Waals surface area contributed by atoms with Gasteiger partial charge in [0.05, 0.1) is 9.95 Å². The summed E-state index contributed by atoms with van der Waals surface area (Å²) < 4.78 is 21.3. The van der Waals surface area contributed by atoms with Gasteiger partial charge in [-0.05, 0) is 17.1 Å². The molecule has 15 heavy (non-hydrogen) atoms. The molecule has 1 aromatic carbocycles. The Morgan fingerprint density at radius 1 is 1.33 bits per heavy atom. The van der Waals surface area contributed by atoms with E-state index in [1.54, 1.807) is 0 Å². The van der Waals surface area contributed by atoms with Gasteiger partial charge in [0.15, 0.2) is 0 Å². The van der Waals surface area contributed by atoms with Crippen LogP contribution in [0.3, 0.4) is 0 Å². The summed E-state index contributed by atoms with van der Waals surface area (Å²) in [5.74, 6) is 0. The molecule has 0 heterocycles. The number of benzene rings is 1. The molecule has 0 aliphatic rings. The standard InChI is InChI=1S/C6H3Cl2NO4S.Na/c7-3-1-4(8)6(14(12)13)5(2-3)9(10)11;/h1-2H,(H,12,13);/q;+1/p-1. The Morgan fingerprint density at radius 2 is 1.87 bits per heavy atom. The third-order valence-electron chi connectivity index (χ3n) is 1.35. The second-order valence-corrected chi connectivity index (χ2v) is 3.95. The van der Waals surface area contributed by atoms with Crippen molar-refractivity contribution in [2.45, 2.75) is 4.90 Å². The summed E-state index contributed by atoms with van der Waals surface area (Å²) in [5, 5.41) is 10.2. The summed E-state index contributed by atoms with van der Waals surface area (Å²) in [4.78, 5) is 9.03. The van der Waals surface area contributed by atoms with E-state index in [2.05, 4.69) is 0 Å². The topological polar surface area (TPSA) is 83.3 Å². The van der Waals surface area contributed by atoms with Crippen LogP contribution in [0.2, 0.25) is 10.0 Å². The predicted octanol–water partition coefficient (Wildman–Crippen LogP) is -0.856. The average molecular weight is 278 g/mol. The van der Waals surface area contributed by atoms with Crippen LogP contribution in [-0.4, -0.2) is 13.7 Å². The number of rotatable bonds is 2. The van der Waals surface area contributed by atoms with Crippen LogP contribution in [0.15, 0.2) is 17.0 Å². The molecule has 0 saturated heterocycles. The van der Waals surface area contributed by atoms with Crippen molar-refractivity contribution in [3.8, 4) is 0 Å². The SMILES string of the molecule is O=[N+]([O-])c1cc(Cl)cc(Cl)c1S(=O)[O-].[Na+]. The van der Waals surface area contributed by atoms with Gasteiger partial charge in [0, 0.05) is 11.1 Å². The fourth-order valence-corrected chi connectivity index (χ4v) is 2.04. The molecule has 1 rings (SSSR count). The number of hydrogen-bond acceptors (Lipinski definition) is 4. The van der Waals surface area contributed by atoms with E-state index in [0.717, 1.165) is 12.1 Å². The van der Waals surface area contributed by atoms with E-state index in [1.165, 1.54) is 0 Å². The van der Waals surface area contributed by atoms with Gasteiger partial charge in [0.2, 0.25) is 0 Å². The van der Waals surface area contributed by atoms with Crippen LogP contribution < -0.4 is 29.6 Å². The van der Waals surface area contributed by atoms with Crippen molar-refractivity contribution in [3.63, 3.8) is 0 Å². The molecular weight excluding hydrogens is 276 g/mol.